The van der Waals surface area contributed by atoms with E-state index in [1.807, 2.05) is 13.8 Å². The molecule has 0 spiro atoms. The molecule has 0 saturated heterocycles. The van der Waals surface area contributed by atoms with Crippen LogP contribution in [-0.4, -0.2) is 37.8 Å². The van der Waals surface area contributed by atoms with Crippen molar-refractivity contribution in [3.63, 3.8) is 0 Å². The summed E-state index contributed by atoms with van der Waals surface area (Å²) in [5, 5.41) is 20.2. The van der Waals surface area contributed by atoms with Crippen LogP contribution in [0.4, 0.5) is 0 Å². The van der Waals surface area contributed by atoms with Gasteiger partial charge in [0.2, 0.25) is 0 Å². The molecule has 0 aliphatic heterocycles. The largest absolute Gasteiger partial charge is 0.504 e. The highest BCUT2D eigenvalue weighted by Crippen LogP contribution is 2.33. The number of rotatable bonds is 4. The normalized spacial score (nSPS) is 21.0. The number of nitrogens with zero attached hydrogens (tertiary/aromatic N) is 2. The highest BCUT2D eigenvalue weighted by molar-refractivity contribution is 6.02. The molecule has 2 fully saturated rings. The van der Waals surface area contributed by atoms with E-state index in [9.17, 15) is 14.7 Å². The van der Waals surface area contributed by atoms with Crippen molar-refractivity contribution in [1.29, 1.82) is 0 Å². The standard InChI is InChI=1S/C16H24N4O3/c1-15(6-4-7-15)17-13(22)10-12(21)11(20(3)19-10)14(23)18-16(2)8-5-9-16/h21H,4-9H2,1-3H3,(H,17,22)(H,18,23). The fourth-order valence-corrected chi connectivity index (χ4v) is 3.25. The summed E-state index contributed by atoms with van der Waals surface area (Å²) in [6, 6.07) is 0. The van der Waals surface area contributed by atoms with Crippen LogP contribution in [0.1, 0.15) is 73.3 Å². The average molecular weight is 320 g/mol. The van der Waals surface area contributed by atoms with Crippen LogP contribution in [0.2, 0.25) is 0 Å². The molecule has 2 aliphatic carbocycles. The lowest BCUT2D eigenvalue weighted by atomic mass is 9.78. The van der Waals surface area contributed by atoms with Gasteiger partial charge in [0.15, 0.2) is 17.1 Å². The summed E-state index contributed by atoms with van der Waals surface area (Å²) in [4.78, 5) is 24.8. The van der Waals surface area contributed by atoms with Gasteiger partial charge in [0, 0.05) is 18.1 Å². The second kappa shape index (κ2) is 5.25. The number of aromatic hydroxyl groups is 1. The second-order valence-corrected chi connectivity index (χ2v) is 7.41. The van der Waals surface area contributed by atoms with Crippen LogP contribution in [-0.2, 0) is 7.05 Å². The van der Waals surface area contributed by atoms with E-state index in [1.54, 1.807) is 7.05 Å². The zero-order chi connectivity index (χ0) is 16.8. The Hall–Kier alpha value is -2.05. The molecule has 0 bridgehead atoms. The highest BCUT2D eigenvalue weighted by Gasteiger charge is 2.38. The number of aromatic nitrogens is 2. The van der Waals surface area contributed by atoms with Crippen LogP contribution in [0.5, 0.6) is 5.75 Å². The van der Waals surface area contributed by atoms with Crippen LogP contribution in [0, 0.1) is 0 Å². The molecule has 23 heavy (non-hydrogen) atoms. The Morgan fingerprint density at radius 1 is 1.04 bits per heavy atom. The lowest BCUT2D eigenvalue weighted by Crippen LogP contribution is -2.51. The molecule has 0 atom stereocenters. The minimum Gasteiger partial charge on any atom is -0.504 e. The number of hydrogen-bond acceptors (Lipinski definition) is 4. The highest BCUT2D eigenvalue weighted by atomic mass is 16.3. The molecular formula is C16H24N4O3. The quantitative estimate of drug-likeness (QED) is 0.783. The zero-order valence-electron chi connectivity index (χ0n) is 13.9. The third kappa shape index (κ3) is 2.80. The van der Waals surface area contributed by atoms with Crippen LogP contribution in [0.3, 0.4) is 0 Å². The van der Waals surface area contributed by atoms with Crippen LogP contribution in [0.25, 0.3) is 0 Å². The summed E-state index contributed by atoms with van der Waals surface area (Å²) in [6.45, 7) is 3.95. The molecule has 1 aromatic heterocycles. The van der Waals surface area contributed by atoms with Crippen molar-refractivity contribution in [2.24, 2.45) is 7.05 Å². The first kappa shape index (κ1) is 15.8. The van der Waals surface area contributed by atoms with E-state index in [0.29, 0.717) is 0 Å². The molecule has 1 aromatic rings. The molecule has 0 aromatic carbocycles. The molecule has 7 heteroatoms. The predicted molar refractivity (Wildman–Crippen MR) is 84.3 cm³/mol. The van der Waals surface area contributed by atoms with E-state index in [4.69, 9.17) is 0 Å². The maximum Gasteiger partial charge on any atom is 0.276 e. The van der Waals surface area contributed by atoms with Crippen molar-refractivity contribution in [2.45, 2.75) is 63.5 Å². The molecule has 7 nitrogen and oxygen atoms in total. The Balaban J connectivity index is 1.78. The maximum absolute atomic E-state index is 12.4. The minimum absolute atomic E-state index is 0.0297. The molecule has 0 radical (unpaired) electrons. The number of carbonyl (C=O) groups is 2. The van der Waals surface area contributed by atoms with E-state index >= 15 is 0 Å². The van der Waals surface area contributed by atoms with Gasteiger partial charge < -0.3 is 15.7 Å². The number of nitrogens with one attached hydrogen (secondary N) is 2. The van der Waals surface area contributed by atoms with Gasteiger partial charge in [0.05, 0.1) is 0 Å². The van der Waals surface area contributed by atoms with Crippen LogP contribution < -0.4 is 10.6 Å². The third-order valence-electron chi connectivity index (χ3n) is 5.20. The Labute approximate surface area is 135 Å². The van der Waals surface area contributed by atoms with Crippen LogP contribution >= 0.6 is 0 Å². The molecule has 1 heterocycles. The minimum atomic E-state index is -0.436. The Bertz CT molecular complexity index is 657. The van der Waals surface area contributed by atoms with E-state index < -0.39 is 11.8 Å². The van der Waals surface area contributed by atoms with Gasteiger partial charge in [-0.25, -0.2) is 0 Å². The first-order chi connectivity index (χ1) is 10.7. The zero-order valence-corrected chi connectivity index (χ0v) is 13.9. The van der Waals surface area contributed by atoms with Crippen molar-refractivity contribution in [3.05, 3.63) is 11.4 Å². The lowest BCUT2D eigenvalue weighted by Gasteiger charge is -2.39. The Morgan fingerprint density at radius 3 is 1.96 bits per heavy atom. The summed E-state index contributed by atoms with van der Waals surface area (Å²) in [5.41, 5.74) is -0.523. The number of hydrogen-bond donors (Lipinski definition) is 3. The number of amides is 2. The fourth-order valence-electron chi connectivity index (χ4n) is 3.25. The molecule has 2 saturated carbocycles. The van der Waals surface area contributed by atoms with Crippen molar-refractivity contribution >= 4 is 11.8 Å². The smallest absolute Gasteiger partial charge is 0.276 e. The fraction of sp³-hybridized carbons (Fsp3) is 0.688. The van der Waals surface area contributed by atoms with E-state index in [1.165, 1.54) is 4.68 Å². The van der Waals surface area contributed by atoms with Gasteiger partial charge in [0.1, 0.15) is 0 Å². The van der Waals surface area contributed by atoms with Gasteiger partial charge in [-0.15, -0.1) is 0 Å². The monoisotopic (exact) mass is 320 g/mol. The lowest BCUT2D eigenvalue weighted by molar-refractivity contribution is 0.0833. The summed E-state index contributed by atoms with van der Waals surface area (Å²) < 4.78 is 1.27. The average Bonchev–Trinajstić information content (AvgIpc) is 2.70. The van der Waals surface area contributed by atoms with Gasteiger partial charge >= 0.3 is 0 Å². The first-order valence-electron chi connectivity index (χ1n) is 8.14. The van der Waals surface area contributed by atoms with Crippen molar-refractivity contribution in [1.82, 2.24) is 20.4 Å². The Kier molecular flexibility index (Phi) is 3.61. The molecule has 3 N–H and O–H groups in total. The maximum atomic E-state index is 12.4. The van der Waals surface area contributed by atoms with E-state index in [-0.39, 0.29) is 28.2 Å². The predicted octanol–water partition coefficient (Wildman–Crippen LogP) is 1.47. The SMILES string of the molecule is Cn1nc(C(=O)NC2(C)CCC2)c(O)c1C(=O)NC1(C)CCC1. The molecule has 126 valence electrons. The van der Waals surface area contributed by atoms with E-state index in [0.717, 1.165) is 38.5 Å². The summed E-state index contributed by atoms with van der Waals surface area (Å²) >= 11 is 0. The second-order valence-electron chi connectivity index (χ2n) is 7.41. The van der Waals surface area contributed by atoms with Crippen molar-refractivity contribution < 1.29 is 14.7 Å². The van der Waals surface area contributed by atoms with Gasteiger partial charge in [-0.05, 0) is 52.4 Å². The van der Waals surface area contributed by atoms with Gasteiger partial charge in [-0.1, -0.05) is 0 Å². The number of aryl methyl sites for hydroxylation is 1. The van der Waals surface area contributed by atoms with E-state index in [2.05, 4.69) is 15.7 Å². The summed E-state index contributed by atoms with van der Waals surface area (Å²) in [5.74, 6) is -1.18. The molecule has 3 rings (SSSR count). The summed E-state index contributed by atoms with van der Waals surface area (Å²) in [6.07, 6.45) is 5.83. The molecule has 2 amide bonds. The molecule has 0 unspecified atom stereocenters. The number of carbonyl (C=O) groups excluding carboxylic acids is 2. The van der Waals surface area contributed by atoms with Gasteiger partial charge in [-0.2, -0.15) is 5.10 Å². The van der Waals surface area contributed by atoms with Crippen LogP contribution in [0.15, 0.2) is 0 Å². The summed E-state index contributed by atoms with van der Waals surface area (Å²) in [7, 11) is 1.56. The first-order valence-corrected chi connectivity index (χ1v) is 8.14. The van der Waals surface area contributed by atoms with Crippen molar-refractivity contribution in [2.75, 3.05) is 0 Å². The van der Waals surface area contributed by atoms with Gasteiger partial charge in [0.25, 0.3) is 11.8 Å². The third-order valence-corrected chi connectivity index (χ3v) is 5.20. The molecular weight excluding hydrogens is 296 g/mol. The molecule has 2 aliphatic rings. The van der Waals surface area contributed by atoms with Crippen molar-refractivity contribution in [3.8, 4) is 5.75 Å². The topological polar surface area (TPSA) is 96.2 Å². The Morgan fingerprint density at radius 2 is 1.52 bits per heavy atom. The van der Waals surface area contributed by atoms with Gasteiger partial charge in [-0.3, -0.25) is 14.3 Å².